The zero-order valence-corrected chi connectivity index (χ0v) is 12.5. The van der Waals surface area contributed by atoms with E-state index in [1.54, 1.807) is 6.07 Å². The molecule has 0 amide bonds. The number of hydrogen-bond acceptors (Lipinski definition) is 2. The fourth-order valence-electron chi connectivity index (χ4n) is 2.78. The maximum atomic E-state index is 12.5. The molecule has 0 saturated heterocycles. The van der Waals surface area contributed by atoms with Crippen molar-refractivity contribution in [2.45, 2.75) is 33.1 Å². The minimum Gasteiger partial charge on any atom is -0.399 e. The van der Waals surface area contributed by atoms with Gasteiger partial charge in [0.25, 0.3) is 0 Å². The summed E-state index contributed by atoms with van der Waals surface area (Å²) in [5.74, 6) is 1.80. The van der Waals surface area contributed by atoms with Gasteiger partial charge < -0.3 is 5.73 Å². The van der Waals surface area contributed by atoms with Gasteiger partial charge in [0.1, 0.15) is 0 Å². The van der Waals surface area contributed by atoms with Crippen LogP contribution >= 0.6 is 15.9 Å². The summed E-state index contributed by atoms with van der Waals surface area (Å²) in [6, 6.07) is 5.49. The third-order valence-corrected chi connectivity index (χ3v) is 4.63. The molecular weight excluding hydrogens is 290 g/mol. The van der Waals surface area contributed by atoms with Crippen molar-refractivity contribution in [3.05, 3.63) is 28.2 Å². The second-order valence-electron chi connectivity index (χ2n) is 5.60. The third-order valence-electron chi connectivity index (χ3n) is 4.17. The van der Waals surface area contributed by atoms with Gasteiger partial charge in [-0.1, -0.05) is 29.8 Å². The summed E-state index contributed by atoms with van der Waals surface area (Å²) in [4.78, 5) is 12.5. The molecule has 18 heavy (non-hydrogen) atoms. The zero-order chi connectivity index (χ0) is 13.3. The Hall–Kier alpha value is -0.830. The van der Waals surface area contributed by atoms with Crippen LogP contribution in [-0.4, -0.2) is 5.78 Å². The number of anilines is 1. The second kappa shape index (κ2) is 5.43. The van der Waals surface area contributed by atoms with Crippen molar-refractivity contribution in [2.24, 2.45) is 17.8 Å². The van der Waals surface area contributed by atoms with Crippen molar-refractivity contribution in [3.8, 4) is 0 Å². The van der Waals surface area contributed by atoms with Gasteiger partial charge >= 0.3 is 0 Å². The van der Waals surface area contributed by atoms with Crippen molar-refractivity contribution < 1.29 is 4.79 Å². The standard InChI is InChI=1S/C15H20BrNO/c1-9-3-4-11(5-10(9)2)15(18)12-6-13(16)8-14(17)7-12/h6-11H,3-5,17H2,1-2H3. The van der Waals surface area contributed by atoms with Crippen molar-refractivity contribution in [1.82, 2.24) is 0 Å². The molecule has 0 aromatic heterocycles. The maximum absolute atomic E-state index is 12.5. The van der Waals surface area contributed by atoms with Crippen molar-refractivity contribution in [2.75, 3.05) is 5.73 Å². The van der Waals surface area contributed by atoms with Crippen LogP contribution < -0.4 is 5.73 Å². The van der Waals surface area contributed by atoms with Crippen LogP contribution in [0.2, 0.25) is 0 Å². The molecule has 1 fully saturated rings. The number of carbonyl (C=O) groups excluding carboxylic acids is 1. The lowest BCUT2D eigenvalue weighted by Crippen LogP contribution is -2.26. The van der Waals surface area contributed by atoms with Crippen LogP contribution in [0.1, 0.15) is 43.5 Å². The molecular formula is C15H20BrNO. The molecule has 1 saturated carbocycles. The SMILES string of the molecule is CC1CCC(C(=O)c2cc(N)cc(Br)c2)CC1C. The van der Waals surface area contributed by atoms with Crippen LogP contribution in [0.15, 0.2) is 22.7 Å². The van der Waals surface area contributed by atoms with E-state index in [4.69, 9.17) is 5.73 Å². The summed E-state index contributed by atoms with van der Waals surface area (Å²) in [5.41, 5.74) is 7.18. The normalized spacial score (nSPS) is 28.1. The molecule has 0 heterocycles. The Balaban J connectivity index is 2.16. The zero-order valence-electron chi connectivity index (χ0n) is 10.9. The highest BCUT2D eigenvalue weighted by atomic mass is 79.9. The fraction of sp³-hybridized carbons (Fsp3) is 0.533. The third kappa shape index (κ3) is 2.94. The van der Waals surface area contributed by atoms with Crippen LogP contribution in [0.3, 0.4) is 0 Å². The molecule has 3 heteroatoms. The van der Waals surface area contributed by atoms with Crippen LogP contribution in [0.5, 0.6) is 0 Å². The van der Waals surface area contributed by atoms with E-state index in [0.717, 1.165) is 35.2 Å². The lowest BCUT2D eigenvalue weighted by Gasteiger charge is -2.31. The van der Waals surface area contributed by atoms with E-state index in [0.29, 0.717) is 11.6 Å². The van der Waals surface area contributed by atoms with Crippen molar-refractivity contribution in [1.29, 1.82) is 0 Å². The Labute approximate surface area is 117 Å². The molecule has 2 N–H and O–H groups in total. The van der Waals surface area contributed by atoms with Crippen LogP contribution in [-0.2, 0) is 0 Å². The van der Waals surface area contributed by atoms with Gasteiger partial charge in [-0.15, -0.1) is 0 Å². The van der Waals surface area contributed by atoms with E-state index in [9.17, 15) is 4.79 Å². The Morgan fingerprint density at radius 2 is 1.94 bits per heavy atom. The highest BCUT2D eigenvalue weighted by Crippen LogP contribution is 2.35. The largest absolute Gasteiger partial charge is 0.399 e. The highest BCUT2D eigenvalue weighted by molar-refractivity contribution is 9.10. The number of rotatable bonds is 2. The molecule has 1 aromatic rings. The summed E-state index contributed by atoms with van der Waals surface area (Å²) in [6.07, 6.45) is 3.17. The minimum atomic E-state index is 0.171. The van der Waals surface area contributed by atoms with Gasteiger partial charge in [-0.2, -0.15) is 0 Å². The minimum absolute atomic E-state index is 0.171. The van der Waals surface area contributed by atoms with Gasteiger partial charge in [-0.3, -0.25) is 4.79 Å². The Morgan fingerprint density at radius 3 is 2.56 bits per heavy atom. The maximum Gasteiger partial charge on any atom is 0.166 e. The topological polar surface area (TPSA) is 43.1 Å². The molecule has 98 valence electrons. The van der Waals surface area contributed by atoms with Gasteiger partial charge in [0.05, 0.1) is 0 Å². The molecule has 0 aliphatic heterocycles. The first kappa shape index (κ1) is 13.6. The molecule has 2 nitrogen and oxygen atoms in total. The summed E-state index contributed by atoms with van der Waals surface area (Å²) in [5, 5.41) is 0. The molecule has 0 radical (unpaired) electrons. The Kier molecular flexibility index (Phi) is 4.10. The van der Waals surface area contributed by atoms with E-state index in [1.807, 2.05) is 12.1 Å². The molecule has 1 aliphatic carbocycles. The summed E-state index contributed by atoms with van der Waals surface area (Å²) in [6.45, 7) is 4.53. The van der Waals surface area contributed by atoms with Crippen molar-refractivity contribution in [3.63, 3.8) is 0 Å². The van der Waals surface area contributed by atoms with Crippen LogP contribution in [0.25, 0.3) is 0 Å². The van der Waals surface area contributed by atoms with Gasteiger partial charge in [0.2, 0.25) is 0 Å². The Bertz CT molecular complexity index is 438. The van der Waals surface area contributed by atoms with Gasteiger partial charge in [0, 0.05) is 21.6 Å². The number of nitrogens with two attached hydrogens (primary N) is 1. The molecule has 3 atom stereocenters. The number of nitrogen functional groups attached to an aromatic ring is 1. The Morgan fingerprint density at radius 1 is 1.22 bits per heavy atom. The predicted molar refractivity (Wildman–Crippen MR) is 78.6 cm³/mol. The van der Waals surface area contributed by atoms with E-state index in [2.05, 4.69) is 29.8 Å². The fourth-order valence-corrected chi connectivity index (χ4v) is 3.29. The molecule has 2 rings (SSSR count). The van der Waals surface area contributed by atoms with Crippen LogP contribution in [0, 0.1) is 17.8 Å². The van der Waals surface area contributed by atoms with E-state index in [1.165, 1.54) is 0 Å². The van der Waals surface area contributed by atoms with E-state index < -0.39 is 0 Å². The monoisotopic (exact) mass is 309 g/mol. The molecule has 1 aromatic carbocycles. The lowest BCUT2D eigenvalue weighted by molar-refractivity contribution is 0.0837. The van der Waals surface area contributed by atoms with Gasteiger partial charge in [-0.25, -0.2) is 0 Å². The first-order chi connectivity index (χ1) is 8.47. The average Bonchev–Trinajstić information content (AvgIpc) is 2.30. The predicted octanol–water partition coefficient (Wildman–Crippen LogP) is 4.29. The average molecular weight is 310 g/mol. The summed E-state index contributed by atoms with van der Waals surface area (Å²) in [7, 11) is 0. The summed E-state index contributed by atoms with van der Waals surface area (Å²) >= 11 is 3.39. The number of hydrogen-bond donors (Lipinski definition) is 1. The van der Waals surface area contributed by atoms with E-state index in [-0.39, 0.29) is 11.7 Å². The first-order valence-electron chi connectivity index (χ1n) is 6.57. The highest BCUT2D eigenvalue weighted by Gasteiger charge is 2.29. The molecule has 0 bridgehead atoms. The lowest BCUT2D eigenvalue weighted by atomic mass is 9.73. The van der Waals surface area contributed by atoms with Gasteiger partial charge in [0.15, 0.2) is 5.78 Å². The summed E-state index contributed by atoms with van der Waals surface area (Å²) < 4.78 is 0.878. The van der Waals surface area contributed by atoms with Crippen LogP contribution in [0.4, 0.5) is 5.69 Å². The number of Topliss-reactive ketones (excluding diaryl/α,β-unsaturated/α-hetero) is 1. The second-order valence-corrected chi connectivity index (χ2v) is 6.52. The quantitative estimate of drug-likeness (QED) is 0.654. The molecule has 1 aliphatic rings. The molecule has 0 spiro atoms. The number of halogens is 1. The number of ketones is 1. The first-order valence-corrected chi connectivity index (χ1v) is 7.37. The smallest absolute Gasteiger partial charge is 0.166 e. The number of carbonyl (C=O) groups is 1. The van der Waals surface area contributed by atoms with Gasteiger partial charge in [-0.05, 0) is 49.3 Å². The number of benzene rings is 1. The van der Waals surface area contributed by atoms with E-state index >= 15 is 0 Å². The van der Waals surface area contributed by atoms with Crippen molar-refractivity contribution >= 4 is 27.4 Å². The molecule has 3 unspecified atom stereocenters.